The highest BCUT2D eigenvalue weighted by molar-refractivity contribution is 5.94. The number of fused-ring (bicyclic) bond motifs is 1. The normalized spacial score (nSPS) is 15.6. The molecule has 0 spiro atoms. The molecule has 25 heavy (non-hydrogen) atoms. The van der Waals surface area contributed by atoms with E-state index < -0.39 is 0 Å². The maximum atomic E-state index is 12.9. The van der Waals surface area contributed by atoms with Gasteiger partial charge in [-0.05, 0) is 41.8 Å². The minimum atomic E-state index is -0.279. The zero-order valence-corrected chi connectivity index (χ0v) is 14.8. The fourth-order valence-electron chi connectivity index (χ4n) is 3.20. The molecule has 0 radical (unpaired) electrons. The highest BCUT2D eigenvalue weighted by Crippen LogP contribution is 2.33. The molecule has 0 saturated heterocycles. The Labute approximate surface area is 148 Å². The summed E-state index contributed by atoms with van der Waals surface area (Å²) in [5.74, 6) is -0.0892. The third-order valence-corrected chi connectivity index (χ3v) is 4.60. The van der Waals surface area contributed by atoms with Crippen LogP contribution >= 0.6 is 0 Å². The van der Waals surface area contributed by atoms with Gasteiger partial charge in [0, 0.05) is 25.9 Å². The first kappa shape index (κ1) is 17.0. The molecule has 0 aliphatic carbocycles. The molecule has 2 aromatic carbocycles. The highest BCUT2D eigenvalue weighted by atomic mass is 16.2. The summed E-state index contributed by atoms with van der Waals surface area (Å²) in [7, 11) is 1.78. The van der Waals surface area contributed by atoms with E-state index in [1.165, 1.54) is 6.92 Å². The first-order chi connectivity index (χ1) is 12.0. The minimum absolute atomic E-state index is 0.0213. The highest BCUT2D eigenvalue weighted by Gasteiger charge is 2.29. The molecule has 1 aliphatic heterocycles. The molecule has 1 aliphatic rings. The van der Waals surface area contributed by atoms with Gasteiger partial charge in [-0.25, -0.2) is 0 Å². The van der Waals surface area contributed by atoms with E-state index in [1.54, 1.807) is 23.0 Å². The smallest absolute Gasteiger partial charge is 0.229 e. The van der Waals surface area contributed by atoms with E-state index in [2.05, 4.69) is 0 Å². The van der Waals surface area contributed by atoms with Gasteiger partial charge in [0.25, 0.3) is 0 Å². The van der Waals surface area contributed by atoms with Crippen molar-refractivity contribution in [2.24, 2.45) is 0 Å². The average molecular weight is 334 g/mol. The van der Waals surface area contributed by atoms with Crippen LogP contribution in [0.5, 0.6) is 0 Å². The first-order valence-electron chi connectivity index (χ1n) is 8.36. The van der Waals surface area contributed by atoms with Crippen molar-refractivity contribution < 1.29 is 9.59 Å². The summed E-state index contributed by atoms with van der Waals surface area (Å²) in [5, 5.41) is 0. The maximum Gasteiger partial charge on any atom is 0.229 e. The van der Waals surface area contributed by atoms with Crippen LogP contribution in [0.15, 0.2) is 54.7 Å². The molecule has 128 valence electrons. The number of rotatable bonds is 3. The molecule has 4 heteroatoms. The molecule has 0 fully saturated rings. The van der Waals surface area contributed by atoms with Crippen molar-refractivity contribution >= 4 is 23.6 Å². The summed E-state index contributed by atoms with van der Waals surface area (Å²) < 4.78 is 0. The topological polar surface area (TPSA) is 40.6 Å². The summed E-state index contributed by atoms with van der Waals surface area (Å²) in [6.07, 6.45) is 3.93. The molecule has 0 saturated carbocycles. The standard InChI is InChI=1S/C21H22N2O2/c1-15-7-6-9-18(13-15)22(3)21(25)14-20-19-10-5-4-8-17(19)11-12-23(20)16(2)24/h4-13,20H,14H2,1-3H3. The molecule has 0 aromatic heterocycles. The van der Waals surface area contributed by atoms with Crippen LogP contribution in [0, 0.1) is 6.92 Å². The van der Waals surface area contributed by atoms with Crippen LogP contribution in [0.2, 0.25) is 0 Å². The fraction of sp³-hybridized carbons (Fsp3) is 0.238. The summed E-state index contributed by atoms with van der Waals surface area (Å²) in [6.45, 7) is 3.53. The second-order valence-electron chi connectivity index (χ2n) is 6.38. The molecular formula is C21H22N2O2. The lowest BCUT2D eigenvalue weighted by molar-refractivity contribution is -0.129. The van der Waals surface area contributed by atoms with Gasteiger partial charge >= 0.3 is 0 Å². The van der Waals surface area contributed by atoms with E-state index in [1.807, 2.05) is 61.5 Å². The van der Waals surface area contributed by atoms with Crippen LogP contribution in [0.1, 0.15) is 36.1 Å². The van der Waals surface area contributed by atoms with Gasteiger partial charge in [0.15, 0.2) is 0 Å². The van der Waals surface area contributed by atoms with Crippen molar-refractivity contribution in [2.45, 2.75) is 26.3 Å². The second kappa shape index (κ2) is 6.93. The zero-order chi connectivity index (χ0) is 18.0. The maximum absolute atomic E-state index is 12.9. The number of aryl methyl sites for hydroxylation is 1. The number of carbonyl (C=O) groups is 2. The number of benzene rings is 2. The second-order valence-corrected chi connectivity index (χ2v) is 6.38. The molecule has 0 N–H and O–H groups in total. The quantitative estimate of drug-likeness (QED) is 0.853. The largest absolute Gasteiger partial charge is 0.315 e. The minimum Gasteiger partial charge on any atom is -0.315 e. The number of carbonyl (C=O) groups excluding carboxylic acids is 2. The molecule has 0 bridgehead atoms. The number of nitrogens with zero attached hydrogens (tertiary/aromatic N) is 2. The van der Waals surface area contributed by atoms with Crippen molar-refractivity contribution in [1.82, 2.24) is 4.90 Å². The third kappa shape index (κ3) is 3.48. The van der Waals surface area contributed by atoms with Crippen LogP contribution in [0.3, 0.4) is 0 Å². The Morgan fingerprint density at radius 3 is 2.60 bits per heavy atom. The molecule has 4 nitrogen and oxygen atoms in total. The van der Waals surface area contributed by atoms with Gasteiger partial charge in [-0.15, -0.1) is 0 Å². The van der Waals surface area contributed by atoms with Crippen LogP contribution in [-0.2, 0) is 9.59 Å². The van der Waals surface area contributed by atoms with Crippen molar-refractivity contribution in [3.63, 3.8) is 0 Å². The van der Waals surface area contributed by atoms with Crippen LogP contribution in [-0.4, -0.2) is 23.8 Å². The lowest BCUT2D eigenvalue weighted by Gasteiger charge is -2.33. The molecule has 2 aromatic rings. The summed E-state index contributed by atoms with van der Waals surface area (Å²) in [6, 6.07) is 15.5. The predicted molar refractivity (Wildman–Crippen MR) is 99.9 cm³/mol. The molecule has 1 atom stereocenters. The van der Waals surface area contributed by atoms with Gasteiger partial charge in [0.05, 0.1) is 12.5 Å². The number of hydrogen-bond donors (Lipinski definition) is 0. The molecule has 1 unspecified atom stereocenters. The summed E-state index contributed by atoms with van der Waals surface area (Å²) in [4.78, 5) is 28.2. The van der Waals surface area contributed by atoms with E-state index in [0.717, 1.165) is 22.4 Å². The lowest BCUT2D eigenvalue weighted by atomic mass is 9.93. The Morgan fingerprint density at radius 2 is 1.88 bits per heavy atom. The predicted octanol–water partition coefficient (Wildman–Crippen LogP) is 3.92. The average Bonchev–Trinajstić information content (AvgIpc) is 2.61. The molecular weight excluding hydrogens is 312 g/mol. The van der Waals surface area contributed by atoms with Gasteiger partial charge in [-0.3, -0.25) is 9.59 Å². The Bertz CT molecular complexity index is 841. The van der Waals surface area contributed by atoms with Gasteiger partial charge in [0.1, 0.15) is 0 Å². The first-order valence-corrected chi connectivity index (χ1v) is 8.36. The SMILES string of the molecule is CC(=O)N1C=Cc2ccccc2C1CC(=O)N(C)c1cccc(C)c1. The molecule has 1 heterocycles. The van der Waals surface area contributed by atoms with Gasteiger partial charge in [0.2, 0.25) is 11.8 Å². The Kier molecular flexibility index (Phi) is 4.70. The number of anilines is 1. The molecule has 2 amide bonds. The van der Waals surface area contributed by atoms with Crippen LogP contribution in [0.4, 0.5) is 5.69 Å². The van der Waals surface area contributed by atoms with Crippen molar-refractivity contribution in [1.29, 1.82) is 0 Å². The monoisotopic (exact) mass is 334 g/mol. The molecule has 3 rings (SSSR count). The van der Waals surface area contributed by atoms with Gasteiger partial charge in [-0.1, -0.05) is 36.4 Å². The number of hydrogen-bond acceptors (Lipinski definition) is 2. The van der Waals surface area contributed by atoms with Crippen LogP contribution < -0.4 is 4.90 Å². The van der Waals surface area contributed by atoms with Crippen molar-refractivity contribution in [3.05, 3.63) is 71.4 Å². The Morgan fingerprint density at radius 1 is 1.12 bits per heavy atom. The van der Waals surface area contributed by atoms with Crippen molar-refractivity contribution in [3.8, 4) is 0 Å². The van der Waals surface area contributed by atoms with Crippen LogP contribution in [0.25, 0.3) is 6.08 Å². The van der Waals surface area contributed by atoms with E-state index >= 15 is 0 Å². The Hall–Kier alpha value is -2.88. The summed E-state index contributed by atoms with van der Waals surface area (Å²) >= 11 is 0. The van der Waals surface area contributed by atoms with Gasteiger partial charge < -0.3 is 9.80 Å². The zero-order valence-electron chi connectivity index (χ0n) is 14.8. The third-order valence-electron chi connectivity index (χ3n) is 4.60. The van der Waals surface area contributed by atoms with Gasteiger partial charge in [-0.2, -0.15) is 0 Å². The van der Waals surface area contributed by atoms with E-state index in [9.17, 15) is 9.59 Å². The van der Waals surface area contributed by atoms with E-state index in [0.29, 0.717) is 0 Å². The van der Waals surface area contributed by atoms with E-state index in [-0.39, 0.29) is 24.3 Å². The fourth-order valence-corrected chi connectivity index (χ4v) is 3.20. The Balaban J connectivity index is 1.87. The number of amides is 2. The van der Waals surface area contributed by atoms with Crippen molar-refractivity contribution in [2.75, 3.05) is 11.9 Å². The summed E-state index contributed by atoms with van der Waals surface area (Å²) in [5.41, 5.74) is 4.02. The van der Waals surface area contributed by atoms with E-state index in [4.69, 9.17) is 0 Å². The lowest BCUT2D eigenvalue weighted by Crippen LogP contribution is -2.36.